The van der Waals surface area contributed by atoms with Crippen molar-refractivity contribution in [3.05, 3.63) is 41.1 Å². The number of amides is 1. The van der Waals surface area contributed by atoms with Gasteiger partial charge in [0.05, 0.1) is 0 Å². The SMILES string of the molecule is CC(C)(C)OC(=O)N1Cc2cc(NC=C3C(=O)OC(C)(C)OC3=O)ccc2C(C)(C)C1. The normalized spacial score (nSPS) is 19.7. The highest BCUT2D eigenvalue weighted by atomic mass is 16.7. The van der Waals surface area contributed by atoms with Gasteiger partial charge in [0, 0.05) is 44.2 Å². The molecule has 0 spiro atoms. The van der Waals surface area contributed by atoms with Gasteiger partial charge in [-0.1, -0.05) is 19.9 Å². The van der Waals surface area contributed by atoms with Gasteiger partial charge in [0.1, 0.15) is 5.60 Å². The first-order valence-corrected chi connectivity index (χ1v) is 10.2. The van der Waals surface area contributed by atoms with Crippen LogP contribution in [0.4, 0.5) is 10.5 Å². The molecule has 2 aliphatic heterocycles. The number of cyclic esters (lactones) is 2. The van der Waals surface area contributed by atoms with E-state index in [1.807, 2.05) is 39.0 Å². The van der Waals surface area contributed by atoms with Crippen LogP contribution in [0.1, 0.15) is 59.6 Å². The second kappa shape index (κ2) is 7.59. The molecule has 0 aliphatic carbocycles. The maximum Gasteiger partial charge on any atom is 0.410 e. The Morgan fingerprint density at radius 1 is 1.13 bits per heavy atom. The minimum Gasteiger partial charge on any atom is -0.444 e. The van der Waals surface area contributed by atoms with Crippen LogP contribution in [0, 0.1) is 0 Å². The summed E-state index contributed by atoms with van der Waals surface area (Å²) in [5, 5.41) is 2.96. The first-order chi connectivity index (χ1) is 14.2. The Labute approximate surface area is 182 Å². The van der Waals surface area contributed by atoms with Crippen molar-refractivity contribution in [3.8, 4) is 0 Å². The van der Waals surface area contributed by atoms with Crippen molar-refractivity contribution >= 4 is 23.7 Å². The predicted octanol–water partition coefficient (Wildman–Crippen LogP) is 3.85. The fourth-order valence-electron chi connectivity index (χ4n) is 3.69. The van der Waals surface area contributed by atoms with Crippen LogP contribution < -0.4 is 5.32 Å². The van der Waals surface area contributed by atoms with E-state index in [4.69, 9.17) is 14.2 Å². The van der Waals surface area contributed by atoms with Crippen molar-refractivity contribution in [1.29, 1.82) is 0 Å². The molecule has 8 nitrogen and oxygen atoms in total. The zero-order valence-electron chi connectivity index (χ0n) is 19.1. The molecule has 1 aromatic rings. The van der Waals surface area contributed by atoms with Crippen molar-refractivity contribution in [2.24, 2.45) is 0 Å². The lowest BCUT2D eigenvalue weighted by Gasteiger charge is -2.40. The smallest absolute Gasteiger partial charge is 0.410 e. The second-order valence-corrected chi connectivity index (χ2v) is 9.97. The molecule has 3 rings (SSSR count). The average Bonchev–Trinajstić information content (AvgIpc) is 2.57. The number of nitrogens with zero attached hydrogens (tertiary/aromatic N) is 1. The molecule has 168 valence electrons. The summed E-state index contributed by atoms with van der Waals surface area (Å²) < 4.78 is 15.7. The number of carbonyl (C=O) groups is 3. The first-order valence-electron chi connectivity index (χ1n) is 10.2. The van der Waals surface area contributed by atoms with Gasteiger partial charge in [-0.05, 0) is 44.0 Å². The van der Waals surface area contributed by atoms with Crippen molar-refractivity contribution in [2.45, 2.75) is 71.8 Å². The topological polar surface area (TPSA) is 94.2 Å². The van der Waals surface area contributed by atoms with Crippen LogP contribution >= 0.6 is 0 Å². The third-order valence-corrected chi connectivity index (χ3v) is 4.93. The van der Waals surface area contributed by atoms with Gasteiger partial charge in [-0.2, -0.15) is 0 Å². The molecule has 0 saturated carbocycles. The van der Waals surface area contributed by atoms with Gasteiger partial charge < -0.3 is 24.4 Å². The minimum absolute atomic E-state index is 0.215. The lowest BCUT2D eigenvalue weighted by molar-refractivity contribution is -0.222. The number of hydrogen-bond acceptors (Lipinski definition) is 7. The molecule has 0 bridgehead atoms. The van der Waals surface area contributed by atoms with Gasteiger partial charge >= 0.3 is 18.0 Å². The molecule has 2 aliphatic rings. The standard InChI is InChI=1S/C23H30N2O6/c1-21(2,3)31-20(28)25-12-14-10-15(8-9-17(14)22(4,5)13-25)24-11-16-18(26)29-23(6,7)30-19(16)27/h8-11,24H,12-13H2,1-7H3. The van der Waals surface area contributed by atoms with Gasteiger partial charge in [0.15, 0.2) is 5.57 Å². The zero-order valence-corrected chi connectivity index (χ0v) is 19.1. The molecule has 2 heterocycles. The molecule has 31 heavy (non-hydrogen) atoms. The van der Waals surface area contributed by atoms with Crippen LogP contribution in [0.2, 0.25) is 0 Å². The van der Waals surface area contributed by atoms with Gasteiger partial charge in [-0.3, -0.25) is 0 Å². The summed E-state index contributed by atoms with van der Waals surface area (Å²) >= 11 is 0. The molecule has 1 aromatic carbocycles. The number of nitrogens with one attached hydrogen (secondary N) is 1. The van der Waals surface area contributed by atoms with Crippen LogP contribution in [-0.4, -0.2) is 40.9 Å². The highest BCUT2D eigenvalue weighted by Gasteiger charge is 2.39. The van der Waals surface area contributed by atoms with Crippen molar-refractivity contribution in [3.63, 3.8) is 0 Å². The second-order valence-electron chi connectivity index (χ2n) is 9.97. The number of esters is 2. The molecule has 1 amide bonds. The molecule has 0 unspecified atom stereocenters. The number of benzene rings is 1. The average molecular weight is 431 g/mol. The number of rotatable bonds is 2. The van der Waals surface area contributed by atoms with E-state index >= 15 is 0 Å². The van der Waals surface area contributed by atoms with E-state index in [0.29, 0.717) is 18.8 Å². The van der Waals surface area contributed by atoms with Gasteiger partial charge in [0.2, 0.25) is 0 Å². The Morgan fingerprint density at radius 2 is 1.74 bits per heavy atom. The number of fused-ring (bicyclic) bond motifs is 1. The van der Waals surface area contributed by atoms with E-state index < -0.39 is 23.3 Å². The molecular formula is C23H30N2O6. The summed E-state index contributed by atoms with van der Waals surface area (Å²) in [5.74, 6) is -2.78. The molecule has 0 aromatic heterocycles. The Kier molecular flexibility index (Phi) is 5.54. The third kappa shape index (κ3) is 5.18. The van der Waals surface area contributed by atoms with E-state index in [1.54, 1.807) is 4.90 Å². The first kappa shape index (κ1) is 22.7. The number of hydrogen-bond donors (Lipinski definition) is 1. The van der Waals surface area contributed by atoms with Crippen LogP contribution in [0.3, 0.4) is 0 Å². The van der Waals surface area contributed by atoms with Gasteiger partial charge in [-0.15, -0.1) is 0 Å². The summed E-state index contributed by atoms with van der Waals surface area (Å²) in [5.41, 5.74) is 1.70. The Balaban J connectivity index is 1.81. The maximum atomic E-state index is 12.6. The summed E-state index contributed by atoms with van der Waals surface area (Å²) in [6, 6.07) is 5.75. The number of anilines is 1. The Morgan fingerprint density at radius 3 is 2.32 bits per heavy atom. The van der Waals surface area contributed by atoms with Crippen LogP contribution in [-0.2, 0) is 35.8 Å². The summed E-state index contributed by atoms with van der Waals surface area (Å²) in [7, 11) is 0. The fourth-order valence-corrected chi connectivity index (χ4v) is 3.69. The summed E-state index contributed by atoms with van der Waals surface area (Å²) in [4.78, 5) is 38.5. The minimum atomic E-state index is -1.28. The molecule has 0 atom stereocenters. The molecule has 1 fully saturated rings. The highest BCUT2D eigenvalue weighted by Crippen LogP contribution is 2.35. The van der Waals surface area contributed by atoms with Crippen LogP contribution in [0.25, 0.3) is 0 Å². The predicted molar refractivity (Wildman–Crippen MR) is 114 cm³/mol. The van der Waals surface area contributed by atoms with E-state index in [0.717, 1.165) is 11.1 Å². The number of ether oxygens (including phenoxy) is 3. The van der Waals surface area contributed by atoms with Crippen molar-refractivity contribution < 1.29 is 28.6 Å². The summed E-state index contributed by atoms with van der Waals surface area (Å²) in [6.45, 7) is 13.6. The lowest BCUT2D eigenvalue weighted by Crippen LogP contribution is -2.46. The van der Waals surface area contributed by atoms with Crippen molar-refractivity contribution in [2.75, 3.05) is 11.9 Å². The highest BCUT2D eigenvalue weighted by molar-refractivity contribution is 6.15. The van der Waals surface area contributed by atoms with E-state index in [1.165, 1.54) is 20.0 Å². The third-order valence-electron chi connectivity index (χ3n) is 4.93. The van der Waals surface area contributed by atoms with Gasteiger partial charge in [-0.25, -0.2) is 14.4 Å². The quantitative estimate of drug-likeness (QED) is 0.433. The fraction of sp³-hybridized carbons (Fsp3) is 0.522. The molecule has 1 N–H and O–H groups in total. The Bertz CT molecular complexity index is 933. The van der Waals surface area contributed by atoms with Crippen molar-refractivity contribution in [1.82, 2.24) is 4.90 Å². The maximum absolute atomic E-state index is 12.6. The summed E-state index contributed by atoms with van der Waals surface area (Å²) in [6.07, 6.45) is 0.920. The Hall–Kier alpha value is -3.03. The van der Waals surface area contributed by atoms with Crippen LogP contribution in [0.15, 0.2) is 30.0 Å². The van der Waals surface area contributed by atoms with E-state index in [-0.39, 0.29) is 17.1 Å². The van der Waals surface area contributed by atoms with Crippen LogP contribution in [0.5, 0.6) is 0 Å². The zero-order chi connectivity index (χ0) is 23.2. The molecular weight excluding hydrogens is 400 g/mol. The molecule has 0 radical (unpaired) electrons. The lowest BCUT2D eigenvalue weighted by atomic mass is 9.78. The largest absolute Gasteiger partial charge is 0.444 e. The van der Waals surface area contributed by atoms with Gasteiger partial charge in [0.25, 0.3) is 5.79 Å². The molecule has 8 heteroatoms. The van der Waals surface area contributed by atoms with E-state index in [2.05, 4.69) is 19.2 Å². The monoisotopic (exact) mass is 430 g/mol. The number of carbonyl (C=O) groups excluding carboxylic acids is 3. The van der Waals surface area contributed by atoms with E-state index in [9.17, 15) is 14.4 Å². The molecule has 1 saturated heterocycles.